The first-order valence-electron chi connectivity index (χ1n) is 9.90. The van der Waals surface area contributed by atoms with Gasteiger partial charge in [-0.1, -0.05) is 31.9 Å². The lowest BCUT2D eigenvalue weighted by Crippen LogP contribution is -2.49. The van der Waals surface area contributed by atoms with Crippen molar-refractivity contribution in [3.05, 3.63) is 30.1 Å². The van der Waals surface area contributed by atoms with E-state index >= 15 is 0 Å². The van der Waals surface area contributed by atoms with Crippen LogP contribution in [-0.4, -0.2) is 46.6 Å². The molecule has 0 spiro atoms. The van der Waals surface area contributed by atoms with E-state index in [9.17, 15) is 4.79 Å². The number of imidazole rings is 1. The van der Waals surface area contributed by atoms with Gasteiger partial charge in [0.25, 0.3) is 0 Å². The molecule has 1 aliphatic rings. The van der Waals surface area contributed by atoms with Crippen LogP contribution in [0.2, 0.25) is 0 Å². The number of fused-ring (bicyclic) bond motifs is 1. The van der Waals surface area contributed by atoms with Gasteiger partial charge in [0.2, 0.25) is 0 Å². The van der Waals surface area contributed by atoms with Crippen LogP contribution in [-0.2, 0) is 0 Å². The highest BCUT2D eigenvalue weighted by molar-refractivity contribution is 5.76. The molecule has 2 heterocycles. The Balaban J connectivity index is 1.49. The van der Waals surface area contributed by atoms with E-state index in [1.165, 1.54) is 32.1 Å². The molecule has 142 valence electrons. The van der Waals surface area contributed by atoms with Gasteiger partial charge in [0.05, 0.1) is 17.1 Å². The molecule has 0 radical (unpaired) electrons. The van der Waals surface area contributed by atoms with Gasteiger partial charge in [0.1, 0.15) is 5.82 Å². The minimum Gasteiger partial charge on any atom is -0.340 e. The maximum absolute atomic E-state index is 12.3. The second kappa shape index (κ2) is 9.03. The third kappa shape index (κ3) is 4.75. The molecule has 0 aliphatic carbocycles. The van der Waals surface area contributed by atoms with E-state index in [0.717, 1.165) is 29.9 Å². The number of amides is 2. The number of rotatable bonds is 7. The lowest BCUT2D eigenvalue weighted by molar-refractivity contribution is 0.144. The number of carbonyl (C=O) groups excluding carboxylic acids is 1. The van der Waals surface area contributed by atoms with Crippen LogP contribution < -0.4 is 10.6 Å². The number of benzene rings is 1. The molecule has 26 heavy (non-hydrogen) atoms. The Hall–Kier alpha value is -2.08. The first-order valence-corrected chi connectivity index (χ1v) is 9.90. The number of unbranched alkanes of at least 4 members (excludes halogenated alkanes) is 1. The maximum atomic E-state index is 12.3. The van der Waals surface area contributed by atoms with Gasteiger partial charge in [-0.3, -0.25) is 4.90 Å². The Morgan fingerprint density at radius 1 is 1.38 bits per heavy atom. The minimum atomic E-state index is -0.162. The number of hydrogen-bond acceptors (Lipinski definition) is 3. The molecule has 3 rings (SSSR count). The smallest absolute Gasteiger partial charge is 0.315 e. The molecule has 3 N–H and O–H groups in total. The summed E-state index contributed by atoms with van der Waals surface area (Å²) in [5, 5.41) is 6.05. The van der Waals surface area contributed by atoms with Crippen molar-refractivity contribution in [3.8, 4) is 0 Å². The van der Waals surface area contributed by atoms with Gasteiger partial charge in [-0.2, -0.15) is 0 Å². The summed E-state index contributed by atoms with van der Waals surface area (Å²) in [6.07, 6.45) is 6.14. The lowest BCUT2D eigenvalue weighted by Gasteiger charge is -2.35. The summed E-state index contributed by atoms with van der Waals surface area (Å²) in [7, 11) is 0. The number of piperidine rings is 1. The normalized spacial score (nSPS) is 19.4. The summed E-state index contributed by atoms with van der Waals surface area (Å²) in [6.45, 7) is 7.18. The van der Waals surface area contributed by atoms with Crippen molar-refractivity contribution in [2.45, 2.75) is 58.0 Å². The molecule has 0 bridgehead atoms. The molecule has 6 nitrogen and oxygen atoms in total. The molecule has 2 aromatic rings. The highest BCUT2D eigenvalue weighted by Gasteiger charge is 2.22. The summed E-state index contributed by atoms with van der Waals surface area (Å²) in [5.74, 6) is 0.781. The molecule has 1 aromatic heterocycles. The maximum Gasteiger partial charge on any atom is 0.315 e. The van der Waals surface area contributed by atoms with E-state index < -0.39 is 0 Å². The molecule has 2 unspecified atom stereocenters. The van der Waals surface area contributed by atoms with Crippen molar-refractivity contribution in [3.63, 3.8) is 0 Å². The van der Waals surface area contributed by atoms with Crippen molar-refractivity contribution in [1.82, 2.24) is 25.5 Å². The third-order valence-corrected chi connectivity index (χ3v) is 5.21. The minimum absolute atomic E-state index is 0.126. The Kier molecular flexibility index (Phi) is 6.50. The fourth-order valence-corrected chi connectivity index (χ4v) is 3.65. The van der Waals surface area contributed by atoms with Crippen LogP contribution in [0.5, 0.6) is 0 Å². The SMILES string of the molecule is CCCCN1CCCCC1CNC(=O)NC(C)c1nc2ccccc2[nH]1. The predicted molar refractivity (Wildman–Crippen MR) is 105 cm³/mol. The molecule has 1 aliphatic heterocycles. The molecule has 0 saturated carbocycles. The summed E-state index contributed by atoms with van der Waals surface area (Å²) in [4.78, 5) is 22.7. The standard InChI is InChI=1S/C20H31N5O/c1-3-4-12-25-13-8-7-9-16(25)14-21-20(26)22-15(2)19-23-17-10-5-6-11-18(17)24-19/h5-6,10-11,15-16H,3-4,7-9,12-14H2,1-2H3,(H,23,24)(H2,21,22,26). The predicted octanol–water partition coefficient (Wildman–Crippen LogP) is 3.58. The van der Waals surface area contributed by atoms with Gasteiger partial charge in [0, 0.05) is 12.6 Å². The van der Waals surface area contributed by atoms with Crippen LogP contribution in [0.3, 0.4) is 0 Å². The van der Waals surface area contributed by atoms with Crippen LogP contribution in [0, 0.1) is 0 Å². The average Bonchev–Trinajstić information content (AvgIpc) is 3.09. The largest absolute Gasteiger partial charge is 0.340 e. The summed E-state index contributed by atoms with van der Waals surface area (Å²) in [5.41, 5.74) is 1.91. The molecule has 6 heteroatoms. The number of nitrogens with zero attached hydrogens (tertiary/aromatic N) is 2. The number of nitrogens with one attached hydrogen (secondary N) is 3. The van der Waals surface area contributed by atoms with Gasteiger partial charge in [0.15, 0.2) is 0 Å². The number of hydrogen-bond donors (Lipinski definition) is 3. The number of likely N-dealkylation sites (tertiary alicyclic amines) is 1. The number of H-pyrrole nitrogens is 1. The van der Waals surface area contributed by atoms with Gasteiger partial charge in [-0.25, -0.2) is 9.78 Å². The van der Waals surface area contributed by atoms with Crippen LogP contribution in [0.15, 0.2) is 24.3 Å². The van der Waals surface area contributed by atoms with Crippen molar-refractivity contribution >= 4 is 17.1 Å². The third-order valence-electron chi connectivity index (χ3n) is 5.21. The summed E-state index contributed by atoms with van der Waals surface area (Å²) in [6, 6.07) is 8.07. The highest BCUT2D eigenvalue weighted by atomic mass is 16.2. The molecular formula is C20H31N5O. The average molecular weight is 358 g/mol. The van der Waals surface area contributed by atoms with Crippen LogP contribution in [0.25, 0.3) is 11.0 Å². The number of para-hydroxylation sites is 2. The number of aromatic amines is 1. The van der Waals surface area contributed by atoms with Crippen LogP contribution in [0.1, 0.15) is 57.8 Å². The Morgan fingerprint density at radius 2 is 2.23 bits per heavy atom. The van der Waals surface area contributed by atoms with E-state index in [0.29, 0.717) is 12.6 Å². The Bertz CT molecular complexity index is 680. The zero-order chi connectivity index (χ0) is 18.4. The van der Waals surface area contributed by atoms with E-state index in [2.05, 4.69) is 32.4 Å². The zero-order valence-corrected chi connectivity index (χ0v) is 15.9. The van der Waals surface area contributed by atoms with Gasteiger partial charge in [-0.05, 0) is 51.4 Å². The summed E-state index contributed by atoms with van der Waals surface area (Å²) < 4.78 is 0. The molecular weight excluding hydrogens is 326 g/mol. The number of carbonyl (C=O) groups is 1. The van der Waals surface area contributed by atoms with E-state index in [4.69, 9.17) is 0 Å². The number of aromatic nitrogens is 2. The fraction of sp³-hybridized carbons (Fsp3) is 0.600. The van der Waals surface area contributed by atoms with Crippen molar-refractivity contribution in [2.75, 3.05) is 19.6 Å². The summed E-state index contributed by atoms with van der Waals surface area (Å²) >= 11 is 0. The van der Waals surface area contributed by atoms with Crippen molar-refractivity contribution in [2.24, 2.45) is 0 Å². The van der Waals surface area contributed by atoms with Crippen molar-refractivity contribution < 1.29 is 4.79 Å². The molecule has 1 aromatic carbocycles. The van der Waals surface area contributed by atoms with Crippen LogP contribution >= 0.6 is 0 Å². The van der Waals surface area contributed by atoms with Crippen LogP contribution in [0.4, 0.5) is 4.79 Å². The highest BCUT2D eigenvalue weighted by Crippen LogP contribution is 2.17. The lowest BCUT2D eigenvalue weighted by atomic mass is 10.0. The second-order valence-corrected chi connectivity index (χ2v) is 7.25. The quantitative estimate of drug-likeness (QED) is 0.709. The van der Waals surface area contributed by atoms with E-state index in [1.807, 2.05) is 31.2 Å². The van der Waals surface area contributed by atoms with E-state index in [-0.39, 0.29) is 12.1 Å². The molecule has 1 saturated heterocycles. The first kappa shape index (κ1) is 18.7. The number of urea groups is 1. The molecule has 1 fully saturated rings. The molecule has 2 amide bonds. The van der Waals surface area contributed by atoms with Gasteiger partial charge in [-0.15, -0.1) is 0 Å². The van der Waals surface area contributed by atoms with Gasteiger partial charge >= 0.3 is 6.03 Å². The van der Waals surface area contributed by atoms with E-state index in [1.54, 1.807) is 0 Å². The fourth-order valence-electron chi connectivity index (χ4n) is 3.65. The zero-order valence-electron chi connectivity index (χ0n) is 15.9. The monoisotopic (exact) mass is 357 g/mol. The second-order valence-electron chi connectivity index (χ2n) is 7.25. The molecule has 2 atom stereocenters. The Labute approximate surface area is 155 Å². The van der Waals surface area contributed by atoms with Gasteiger partial charge < -0.3 is 15.6 Å². The Morgan fingerprint density at radius 3 is 3.04 bits per heavy atom. The first-order chi connectivity index (χ1) is 12.7. The van der Waals surface area contributed by atoms with Crippen molar-refractivity contribution in [1.29, 1.82) is 0 Å². The topological polar surface area (TPSA) is 73.1 Å².